The minimum atomic E-state index is -0.0548. The van der Waals surface area contributed by atoms with Gasteiger partial charge in [-0.25, -0.2) is 4.68 Å². The quantitative estimate of drug-likeness (QED) is 0.670. The van der Waals surface area contributed by atoms with E-state index in [-0.39, 0.29) is 6.04 Å². The first kappa shape index (κ1) is 10.1. The predicted molar refractivity (Wildman–Crippen MR) is 49.1 cm³/mol. The average molecular weight is 184 g/mol. The Balaban J connectivity index is 2.40. The van der Waals surface area contributed by atoms with Gasteiger partial charge in [-0.05, 0) is 13.8 Å². The minimum Gasteiger partial charge on any atom is -0.380 e. The first-order valence-electron chi connectivity index (χ1n) is 4.47. The lowest BCUT2D eigenvalue weighted by Crippen LogP contribution is -2.07. The molecule has 74 valence electrons. The molecule has 1 aromatic heterocycles. The smallest absolute Gasteiger partial charge is 0.0991 e. The summed E-state index contributed by atoms with van der Waals surface area (Å²) in [5.41, 5.74) is 6.45. The summed E-state index contributed by atoms with van der Waals surface area (Å²) >= 11 is 0. The maximum Gasteiger partial charge on any atom is 0.0991 e. The van der Waals surface area contributed by atoms with Gasteiger partial charge in [0.1, 0.15) is 0 Å². The summed E-state index contributed by atoms with van der Waals surface area (Å²) in [5, 5.41) is 7.84. The van der Waals surface area contributed by atoms with Gasteiger partial charge in [-0.3, -0.25) is 0 Å². The molecule has 1 atom stereocenters. The Bertz CT molecular complexity index is 246. The monoisotopic (exact) mass is 184 g/mol. The summed E-state index contributed by atoms with van der Waals surface area (Å²) < 4.78 is 6.93. The molecule has 0 spiro atoms. The maximum absolute atomic E-state index is 5.63. The van der Waals surface area contributed by atoms with Crippen LogP contribution >= 0.6 is 0 Å². The van der Waals surface area contributed by atoms with E-state index in [0.717, 1.165) is 18.8 Å². The van der Waals surface area contributed by atoms with Gasteiger partial charge in [0, 0.05) is 12.6 Å². The van der Waals surface area contributed by atoms with Crippen molar-refractivity contribution in [2.24, 2.45) is 5.73 Å². The maximum atomic E-state index is 5.63. The highest BCUT2D eigenvalue weighted by Gasteiger charge is 2.04. The summed E-state index contributed by atoms with van der Waals surface area (Å²) in [6.07, 6.45) is 1.85. The molecule has 13 heavy (non-hydrogen) atoms. The summed E-state index contributed by atoms with van der Waals surface area (Å²) in [7, 11) is 0. The van der Waals surface area contributed by atoms with E-state index in [9.17, 15) is 0 Å². The van der Waals surface area contributed by atoms with Crippen LogP contribution in [-0.4, -0.2) is 28.2 Å². The number of rotatable bonds is 5. The third-order valence-corrected chi connectivity index (χ3v) is 1.69. The molecule has 0 aromatic carbocycles. The van der Waals surface area contributed by atoms with Crippen LogP contribution in [0.3, 0.4) is 0 Å². The normalized spacial score (nSPS) is 13.2. The van der Waals surface area contributed by atoms with Crippen molar-refractivity contribution in [3.8, 4) is 0 Å². The summed E-state index contributed by atoms with van der Waals surface area (Å²) in [6, 6.07) is -0.0548. The molecule has 1 aromatic rings. The van der Waals surface area contributed by atoms with E-state index < -0.39 is 0 Å². The Hall–Kier alpha value is -0.940. The number of hydrogen-bond acceptors (Lipinski definition) is 4. The van der Waals surface area contributed by atoms with Crippen LogP contribution in [0.2, 0.25) is 0 Å². The summed E-state index contributed by atoms with van der Waals surface area (Å²) in [6.45, 7) is 5.98. The van der Waals surface area contributed by atoms with Crippen LogP contribution in [0.4, 0.5) is 0 Å². The Morgan fingerprint density at radius 1 is 1.69 bits per heavy atom. The molecule has 0 bridgehead atoms. The highest BCUT2D eigenvalue weighted by Crippen LogP contribution is 2.02. The van der Waals surface area contributed by atoms with Crippen LogP contribution in [0.15, 0.2) is 6.20 Å². The standard InChI is InChI=1S/C8H16N4O/c1-3-13-5-4-12-6-8(7(2)9)10-11-12/h6-7H,3-5,9H2,1-2H3. The molecular weight excluding hydrogens is 168 g/mol. The number of nitrogens with zero attached hydrogens (tertiary/aromatic N) is 3. The lowest BCUT2D eigenvalue weighted by Gasteiger charge is -2.00. The molecule has 0 saturated carbocycles. The van der Waals surface area contributed by atoms with E-state index in [4.69, 9.17) is 10.5 Å². The van der Waals surface area contributed by atoms with Crippen LogP contribution < -0.4 is 5.73 Å². The molecule has 0 saturated heterocycles. The van der Waals surface area contributed by atoms with E-state index in [1.54, 1.807) is 4.68 Å². The Morgan fingerprint density at radius 2 is 2.46 bits per heavy atom. The fourth-order valence-corrected chi connectivity index (χ4v) is 0.934. The topological polar surface area (TPSA) is 66.0 Å². The third kappa shape index (κ3) is 3.12. The summed E-state index contributed by atoms with van der Waals surface area (Å²) in [5.74, 6) is 0. The fraction of sp³-hybridized carbons (Fsp3) is 0.750. The molecule has 5 heteroatoms. The van der Waals surface area contributed by atoms with Gasteiger partial charge in [0.25, 0.3) is 0 Å². The van der Waals surface area contributed by atoms with E-state index in [0.29, 0.717) is 6.61 Å². The van der Waals surface area contributed by atoms with E-state index in [2.05, 4.69) is 10.3 Å². The Labute approximate surface area is 77.9 Å². The molecule has 2 N–H and O–H groups in total. The molecule has 5 nitrogen and oxygen atoms in total. The van der Waals surface area contributed by atoms with Crippen LogP contribution in [0.25, 0.3) is 0 Å². The zero-order valence-electron chi connectivity index (χ0n) is 8.10. The first-order valence-corrected chi connectivity index (χ1v) is 4.47. The summed E-state index contributed by atoms with van der Waals surface area (Å²) in [4.78, 5) is 0. The second kappa shape index (κ2) is 4.94. The van der Waals surface area contributed by atoms with Crippen molar-refractivity contribution in [1.29, 1.82) is 0 Å². The van der Waals surface area contributed by atoms with Crippen LogP contribution in [0.1, 0.15) is 25.6 Å². The zero-order chi connectivity index (χ0) is 9.68. The van der Waals surface area contributed by atoms with Crippen LogP contribution in [-0.2, 0) is 11.3 Å². The SMILES string of the molecule is CCOCCn1cc(C(C)N)nn1. The Morgan fingerprint density at radius 3 is 3.00 bits per heavy atom. The molecule has 0 amide bonds. The second-order valence-corrected chi connectivity index (χ2v) is 2.89. The largest absolute Gasteiger partial charge is 0.380 e. The molecule has 0 radical (unpaired) electrons. The number of nitrogens with two attached hydrogens (primary N) is 1. The minimum absolute atomic E-state index is 0.0548. The second-order valence-electron chi connectivity index (χ2n) is 2.89. The van der Waals surface area contributed by atoms with Crippen molar-refractivity contribution < 1.29 is 4.74 Å². The third-order valence-electron chi connectivity index (χ3n) is 1.69. The van der Waals surface area contributed by atoms with E-state index >= 15 is 0 Å². The van der Waals surface area contributed by atoms with Gasteiger partial charge >= 0.3 is 0 Å². The van der Waals surface area contributed by atoms with E-state index in [1.165, 1.54) is 0 Å². The molecule has 1 heterocycles. The van der Waals surface area contributed by atoms with Gasteiger partial charge < -0.3 is 10.5 Å². The Kier molecular flexibility index (Phi) is 3.85. The molecule has 1 rings (SSSR count). The number of aromatic nitrogens is 3. The lowest BCUT2D eigenvalue weighted by molar-refractivity contribution is 0.136. The molecular formula is C8H16N4O. The molecule has 1 unspecified atom stereocenters. The van der Waals surface area contributed by atoms with Crippen LogP contribution in [0.5, 0.6) is 0 Å². The molecule has 0 aliphatic carbocycles. The van der Waals surface area contributed by atoms with E-state index in [1.807, 2.05) is 20.0 Å². The highest BCUT2D eigenvalue weighted by molar-refractivity contribution is 4.97. The number of ether oxygens (including phenoxy) is 1. The van der Waals surface area contributed by atoms with Crippen molar-refractivity contribution in [2.75, 3.05) is 13.2 Å². The van der Waals surface area contributed by atoms with Gasteiger partial charge in [0.2, 0.25) is 0 Å². The first-order chi connectivity index (χ1) is 6.24. The zero-order valence-corrected chi connectivity index (χ0v) is 8.10. The lowest BCUT2D eigenvalue weighted by atomic mass is 10.3. The van der Waals surface area contributed by atoms with Crippen molar-refractivity contribution in [2.45, 2.75) is 26.4 Å². The average Bonchev–Trinajstić information content (AvgIpc) is 2.53. The molecule has 0 aliphatic heterocycles. The van der Waals surface area contributed by atoms with Gasteiger partial charge in [0.15, 0.2) is 0 Å². The fourth-order valence-electron chi connectivity index (χ4n) is 0.934. The predicted octanol–water partition coefficient (Wildman–Crippen LogP) is 0.334. The number of hydrogen-bond donors (Lipinski definition) is 1. The van der Waals surface area contributed by atoms with Crippen molar-refractivity contribution in [3.63, 3.8) is 0 Å². The molecule has 0 aliphatic rings. The van der Waals surface area contributed by atoms with Gasteiger partial charge in [-0.15, -0.1) is 5.10 Å². The van der Waals surface area contributed by atoms with Crippen molar-refractivity contribution >= 4 is 0 Å². The van der Waals surface area contributed by atoms with Crippen molar-refractivity contribution in [3.05, 3.63) is 11.9 Å². The highest BCUT2D eigenvalue weighted by atomic mass is 16.5. The van der Waals surface area contributed by atoms with Gasteiger partial charge in [-0.2, -0.15) is 0 Å². The molecule has 0 fully saturated rings. The van der Waals surface area contributed by atoms with Crippen LogP contribution in [0, 0.1) is 0 Å². The van der Waals surface area contributed by atoms with Gasteiger partial charge in [-0.1, -0.05) is 5.21 Å². The van der Waals surface area contributed by atoms with Gasteiger partial charge in [0.05, 0.1) is 25.0 Å². The van der Waals surface area contributed by atoms with Crippen molar-refractivity contribution in [1.82, 2.24) is 15.0 Å².